The molecule has 0 aliphatic rings. The highest BCUT2D eigenvalue weighted by molar-refractivity contribution is 5.93. The molecule has 0 unspecified atom stereocenters. The van der Waals surface area contributed by atoms with Gasteiger partial charge in [-0.3, -0.25) is 0 Å². The van der Waals surface area contributed by atoms with Gasteiger partial charge in [-0.1, -0.05) is 48.5 Å². The molecule has 0 saturated heterocycles. The summed E-state index contributed by atoms with van der Waals surface area (Å²) in [6, 6.07) is 19.4. The lowest BCUT2D eigenvalue weighted by atomic mass is 10.1. The molecule has 3 aromatic rings. The first-order chi connectivity index (χ1) is 11.7. The van der Waals surface area contributed by atoms with Crippen LogP contribution in [0.5, 0.6) is 0 Å². The second-order valence-corrected chi connectivity index (χ2v) is 5.33. The molecule has 0 aliphatic heterocycles. The molecular weight excluding hydrogens is 302 g/mol. The van der Waals surface area contributed by atoms with Gasteiger partial charge in [-0.25, -0.2) is 14.8 Å². The summed E-state index contributed by atoms with van der Waals surface area (Å²) in [5, 5.41) is 12.4. The van der Waals surface area contributed by atoms with Gasteiger partial charge in [0.1, 0.15) is 17.2 Å². The Hall–Kier alpha value is -3.21. The van der Waals surface area contributed by atoms with Crippen LogP contribution in [0.3, 0.4) is 0 Å². The summed E-state index contributed by atoms with van der Waals surface area (Å²) in [5.41, 5.74) is 2.04. The van der Waals surface area contributed by atoms with E-state index < -0.39 is 5.97 Å². The van der Waals surface area contributed by atoms with Crippen LogP contribution >= 0.6 is 0 Å². The van der Waals surface area contributed by atoms with Crippen LogP contribution in [0.4, 0.5) is 11.5 Å². The minimum Gasteiger partial charge on any atom is -0.477 e. The fourth-order valence-corrected chi connectivity index (χ4v) is 2.35. The summed E-state index contributed by atoms with van der Waals surface area (Å²) >= 11 is 0. The smallest absolute Gasteiger partial charge is 0.341 e. The van der Waals surface area contributed by atoms with Gasteiger partial charge in [-0.05, 0) is 24.1 Å². The second-order valence-electron chi connectivity index (χ2n) is 5.33. The van der Waals surface area contributed by atoms with Crippen LogP contribution in [0.2, 0.25) is 0 Å². The van der Waals surface area contributed by atoms with Gasteiger partial charge in [0, 0.05) is 18.3 Å². The van der Waals surface area contributed by atoms with Crippen LogP contribution in [-0.4, -0.2) is 21.0 Å². The van der Waals surface area contributed by atoms with Crippen molar-refractivity contribution >= 4 is 17.5 Å². The maximum atomic E-state index is 11.4. The van der Waals surface area contributed by atoms with Gasteiger partial charge in [0.15, 0.2) is 0 Å². The molecule has 5 nitrogen and oxygen atoms in total. The number of benzene rings is 2. The zero-order valence-corrected chi connectivity index (χ0v) is 13.0. The highest BCUT2D eigenvalue weighted by Gasteiger charge is 2.14. The van der Waals surface area contributed by atoms with Crippen molar-refractivity contribution in [1.82, 2.24) is 9.97 Å². The monoisotopic (exact) mass is 319 g/mol. The average Bonchev–Trinajstić information content (AvgIpc) is 2.62. The van der Waals surface area contributed by atoms with Crippen LogP contribution in [0, 0.1) is 0 Å². The largest absolute Gasteiger partial charge is 0.477 e. The molecule has 5 heteroatoms. The van der Waals surface area contributed by atoms with Crippen molar-refractivity contribution in [3.63, 3.8) is 0 Å². The van der Waals surface area contributed by atoms with Gasteiger partial charge in [0.05, 0.1) is 0 Å². The number of aryl methyl sites for hydroxylation is 2. The lowest BCUT2D eigenvalue weighted by Gasteiger charge is -2.10. The van der Waals surface area contributed by atoms with E-state index in [1.54, 1.807) is 0 Å². The van der Waals surface area contributed by atoms with Crippen molar-refractivity contribution in [2.75, 3.05) is 5.32 Å². The molecule has 0 atom stereocenters. The van der Waals surface area contributed by atoms with Crippen LogP contribution in [0.1, 0.15) is 21.7 Å². The van der Waals surface area contributed by atoms with Gasteiger partial charge in [0.25, 0.3) is 0 Å². The molecule has 2 N–H and O–H groups in total. The Morgan fingerprint density at radius 1 is 0.958 bits per heavy atom. The van der Waals surface area contributed by atoms with Crippen LogP contribution in [-0.2, 0) is 12.8 Å². The maximum absolute atomic E-state index is 11.4. The first-order valence-corrected chi connectivity index (χ1v) is 7.67. The first-order valence-electron chi connectivity index (χ1n) is 7.67. The number of carboxylic acids is 1. The Labute approximate surface area is 140 Å². The number of carboxylic acid groups (broad SMARTS) is 1. The molecule has 2 aromatic carbocycles. The van der Waals surface area contributed by atoms with E-state index >= 15 is 0 Å². The van der Waals surface area contributed by atoms with Crippen LogP contribution in [0.15, 0.2) is 66.9 Å². The molecule has 24 heavy (non-hydrogen) atoms. The summed E-state index contributed by atoms with van der Waals surface area (Å²) in [5.74, 6) is -0.128. The lowest BCUT2D eigenvalue weighted by molar-refractivity contribution is 0.0697. The molecule has 0 fully saturated rings. The molecule has 0 aliphatic carbocycles. The Balaban J connectivity index is 1.81. The Kier molecular flexibility index (Phi) is 4.81. The number of para-hydroxylation sites is 1. The SMILES string of the molecule is O=C(O)c1cnc(CCc2ccccc2)nc1Nc1ccccc1. The zero-order valence-electron chi connectivity index (χ0n) is 13.0. The van der Waals surface area contributed by atoms with Gasteiger partial charge in [-0.15, -0.1) is 0 Å². The van der Waals surface area contributed by atoms with Crippen molar-refractivity contribution in [1.29, 1.82) is 0 Å². The molecule has 120 valence electrons. The van der Waals surface area contributed by atoms with Gasteiger partial charge < -0.3 is 10.4 Å². The van der Waals surface area contributed by atoms with Crippen LogP contribution < -0.4 is 5.32 Å². The maximum Gasteiger partial charge on any atom is 0.341 e. The van der Waals surface area contributed by atoms with Gasteiger partial charge in [0.2, 0.25) is 0 Å². The van der Waals surface area contributed by atoms with Crippen molar-refractivity contribution in [3.8, 4) is 0 Å². The minimum absolute atomic E-state index is 0.0577. The molecule has 0 spiro atoms. The molecule has 0 amide bonds. The highest BCUT2D eigenvalue weighted by atomic mass is 16.4. The predicted molar refractivity (Wildman–Crippen MR) is 92.6 cm³/mol. The molecule has 1 heterocycles. The van der Waals surface area contributed by atoms with E-state index in [0.29, 0.717) is 18.1 Å². The molecular formula is C19H17N3O2. The number of nitrogens with one attached hydrogen (secondary N) is 1. The third-order valence-electron chi connectivity index (χ3n) is 3.59. The van der Waals surface area contributed by atoms with E-state index in [4.69, 9.17) is 0 Å². The average molecular weight is 319 g/mol. The molecule has 3 rings (SSSR count). The predicted octanol–water partition coefficient (Wildman–Crippen LogP) is 3.70. The number of aromatic carboxylic acids is 1. The summed E-state index contributed by atoms with van der Waals surface area (Å²) < 4.78 is 0. The summed E-state index contributed by atoms with van der Waals surface area (Å²) in [7, 11) is 0. The fourth-order valence-electron chi connectivity index (χ4n) is 2.35. The number of anilines is 2. The van der Waals surface area contributed by atoms with Crippen molar-refractivity contribution < 1.29 is 9.90 Å². The summed E-state index contributed by atoms with van der Waals surface area (Å²) in [6.45, 7) is 0. The Bertz CT molecular complexity index is 821. The fraction of sp³-hybridized carbons (Fsp3) is 0.105. The summed E-state index contributed by atoms with van der Waals surface area (Å²) in [4.78, 5) is 20.0. The Morgan fingerprint density at radius 2 is 1.62 bits per heavy atom. The van der Waals surface area contributed by atoms with E-state index in [1.165, 1.54) is 11.8 Å². The van der Waals surface area contributed by atoms with E-state index in [-0.39, 0.29) is 5.56 Å². The van der Waals surface area contributed by atoms with Crippen LogP contribution in [0.25, 0.3) is 0 Å². The molecule has 0 saturated carbocycles. The van der Waals surface area contributed by atoms with E-state index in [0.717, 1.165) is 12.1 Å². The minimum atomic E-state index is -1.05. The number of rotatable bonds is 6. The topological polar surface area (TPSA) is 75.1 Å². The quantitative estimate of drug-likeness (QED) is 0.724. The second kappa shape index (κ2) is 7.37. The number of carbonyl (C=O) groups is 1. The van der Waals surface area contributed by atoms with Gasteiger partial charge >= 0.3 is 5.97 Å². The van der Waals surface area contributed by atoms with Gasteiger partial charge in [-0.2, -0.15) is 0 Å². The standard InChI is InChI=1S/C19H17N3O2/c23-19(24)16-13-20-17(12-11-14-7-3-1-4-8-14)22-18(16)21-15-9-5-2-6-10-15/h1-10,13H,11-12H2,(H,23,24)(H,20,21,22). The summed E-state index contributed by atoms with van der Waals surface area (Å²) in [6.07, 6.45) is 2.81. The number of hydrogen-bond acceptors (Lipinski definition) is 4. The van der Waals surface area contributed by atoms with Crippen molar-refractivity contribution in [2.24, 2.45) is 0 Å². The third kappa shape index (κ3) is 3.95. The number of aromatic nitrogens is 2. The third-order valence-corrected chi connectivity index (χ3v) is 3.59. The van der Waals surface area contributed by atoms with Crippen molar-refractivity contribution in [3.05, 3.63) is 83.8 Å². The zero-order chi connectivity index (χ0) is 16.8. The van der Waals surface area contributed by atoms with Crippen molar-refractivity contribution in [2.45, 2.75) is 12.8 Å². The van der Waals surface area contributed by atoms with E-state index in [9.17, 15) is 9.90 Å². The molecule has 1 aromatic heterocycles. The highest BCUT2D eigenvalue weighted by Crippen LogP contribution is 2.19. The normalized spacial score (nSPS) is 10.3. The number of nitrogens with zero attached hydrogens (tertiary/aromatic N) is 2. The van der Waals surface area contributed by atoms with E-state index in [1.807, 2.05) is 48.5 Å². The molecule has 0 bridgehead atoms. The number of hydrogen-bond donors (Lipinski definition) is 2. The lowest BCUT2D eigenvalue weighted by Crippen LogP contribution is -2.09. The van der Waals surface area contributed by atoms with E-state index in [2.05, 4.69) is 27.4 Å². The molecule has 0 radical (unpaired) electrons. The first kappa shape index (κ1) is 15.7. The Morgan fingerprint density at radius 3 is 2.29 bits per heavy atom.